The molecule has 1 rings (SSSR count). The van der Waals surface area contributed by atoms with Crippen LogP contribution in [0.5, 0.6) is 0 Å². The number of hydrogen-bond donors (Lipinski definition) is 1. The fourth-order valence-electron chi connectivity index (χ4n) is 2.21. The van der Waals surface area contributed by atoms with Crippen molar-refractivity contribution in [1.29, 1.82) is 0 Å². The van der Waals surface area contributed by atoms with Gasteiger partial charge in [-0.1, -0.05) is 27.7 Å². The molecule has 0 aromatic rings. The first-order chi connectivity index (χ1) is 8.90. The molecule has 1 aliphatic heterocycles. The smallest absolute Gasteiger partial charge is 0.225 e. The fraction of sp³-hybridized carbons (Fsp3) is 0.867. The molecule has 2 amide bonds. The summed E-state index contributed by atoms with van der Waals surface area (Å²) in [5.41, 5.74) is 0. The van der Waals surface area contributed by atoms with E-state index in [9.17, 15) is 9.59 Å². The lowest BCUT2D eigenvalue weighted by Gasteiger charge is -2.17. The van der Waals surface area contributed by atoms with Crippen molar-refractivity contribution in [2.24, 2.45) is 17.8 Å². The predicted molar refractivity (Wildman–Crippen MR) is 76.6 cm³/mol. The molecular weight excluding hydrogens is 240 g/mol. The van der Waals surface area contributed by atoms with E-state index in [0.29, 0.717) is 31.3 Å². The van der Waals surface area contributed by atoms with Crippen LogP contribution in [-0.4, -0.2) is 36.3 Å². The van der Waals surface area contributed by atoms with Gasteiger partial charge in [-0.05, 0) is 24.7 Å². The molecule has 1 saturated heterocycles. The van der Waals surface area contributed by atoms with E-state index >= 15 is 0 Å². The molecule has 1 unspecified atom stereocenters. The van der Waals surface area contributed by atoms with Gasteiger partial charge in [0.25, 0.3) is 0 Å². The summed E-state index contributed by atoms with van der Waals surface area (Å²) in [4.78, 5) is 25.6. The van der Waals surface area contributed by atoms with Crippen LogP contribution in [0.3, 0.4) is 0 Å². The third-order valence-electron chi connectivity index (χ3n) is 3.58. The van der Waals surface area contributed by atoms with Crippen molar-refractivity contribution in [3.05, 3.63) is 0 Å². The Kier molecular flexibility index (Phi) is 6.32. The zero-order valence-electron chi connectivity index (χ0n) is 12.7. The van der Waals surface area contributed by atoms with Gasteiger partial charge < -0.3 is 10.2 Å². The number of carbonyl (C=O) groups is 2. The zero-order chi connectivity index (χ0) is 14.4. The van der Waals surface area contributed by atoms with E-state index in [4.69, 9.17) is 0 Å². The summed E-state index contributed by atoms with van der Waals surface area (Å²) in [6.45, 7) is 10.7. The first kappa shape index (κ1) is 16.0. The lowest BCUT2D eigenvalue weighted by atomic mass is 10.1. The number of nitrogens with one attached hydrogen (secondary N) is 1. The highest BCUT2D eigenvalue weighted by Crippen LogP contribution is 2.19. The molecule has 1 aliphatic rings. The van der Waals surface area contributed by atoms with E-state index in [2.05, 4.69) is 33.0 Å². The largest absolute Gasteiger partial charge is 0.356 e. The molecule has 4 nitrogen and oxygen atoms in total. The quantitative estimate of drug-likeness (QED) is 0.768. The van der Waals surface area contributed by atoms with Gasteiger partial charge >= 0.3 is 0 Å². The van der Waals surface area contributed by atoms with Crippen molar-refractivity contribution in [3.8, 4) is 0 Å². The van der Waals surface area contributed by atoms with Gasteiger partial charge in [0.05, 0.1) is 5.92 Å². The van der Waals surface area contributed by atoms with Crippen molar-refractivity contribution in [3.63, 3.8) is 0 Å². The average molecular weight is 268 g/mol. The van der Waals surface area contributed by atoms with Crippen molar-refractivity contribution >= 4 is 11.8 Å². The van der Waals surface area contributed by atoms with Gasteiger partial charge in [0.15, 0.2) is 0 Å². The number of nitrogens with zero attached hydrogens (tertiary/aromatic N) is 1. The van der Waals surface area contributed by atoms with Crippen LogP contribution in [0.2, 0.25) is 0 Å². The maximum absolute atomic E-state index is 12.0. The molecule has 1 heterocycles. The third kappa shape index (κ3) is 5.62. The van der Waals surface area contributed by atoms with Crippen LogP contribution in [0.25, 0.3) is 0 Å². The molecule has 19 heavy (non-hydrogen) atoms. The highest BCUT2D eigenvalue weighted by atomic mass is 16.2. The second-order valence-electron chi connectivity index (χ2n) is 6.40. The standard InChI is InChI=1S/C15H28N2O2/c1-11(2)5-7-16-15(19)13-9-14(18)17(10-13)8-6-12(3)4/h11-13H,5-10H2,1-4H3,(H,16,19). The van der Waals surface area contributed by atoms with Gasteiger partial charge in [-0.2, -0.15) is 0 Å². The lowest BCUT2D eigenvalue weighted by Crippen LogP contribution is -2.34. The van der Waals surface area contributed by atoms with Crippen LogP contribution in [0, 0.1) is 17.8 Å². The van der Waals surface area contributed by atoms with E-state index < -0.39 is 0 Å². The van der Waals surface area contributed by atoms with Gasteiger partial charge in [-0.3, -0.25) is 9.59 Å². The predicted octanol–water partition coefficient (Wildman–Crippen LogP) is 2.04. The summed E-state index contributed by atoms with van der Waals surface area (Å²) in [5, 5.41) is 2.94. The van der Waals surface area contributed by atoms with E-state index in [1.54, 1.807) is 0 Å². The van der Waals surface area contributed by atoms with Crippen LogP contribution < -0.4 is 5.32 Å². The molecule has 1 N–H and O–H groups in total. The molecule has 4 heteroatoms. The van der Waals surface area contributed by atoms with Crippen molar-refractivity contribution in [2.45, 2.75) is 47.0 Å². The molecule has 1 fully saturated rings. The minimum absolute atomic E-state index is 0.0426. The number of amides is 2. The Bertz CT molecular complexity index is 313. The molecule has 110 valence electrons. The Morgan fingerprint density at radius 1 is 1.26 bits per heavy atom. The molecular formula is C15H28N2O2. The van der Waals surface area contributed by atoms with Crippen LogP contribution in [0.4, 0.5) is 0 Å². The molecule has 1 atom stereocenters. The maximum Gasteiger partial charge on any atom is 0.225 e. The Labute approximate surface area is 116 Å². The number of rotatable bonds is 7. The van der Waals surface area contributed by atoms with Crippen LogP contribution in [-0.2, 0) is 9.59 Å². The molecule has 0 aliphatic carbocycles. The normalized spacial score (nSPS) is 19.6. The summed E-state index contributed by atoms with van der Waals surface area (Å²) in [6.07, 6.45) is 2.38. The molecule has 0 aromatic heterocycles. The monoisotopic (exact) mass is 268 g/mol. The number of likely N-dealkylation sites (tertiary alicyclic amines) is 1. The highest BCUT2D eigenvalue weighted by Gasteiger charge is 2.33. The van der Waals surface area contributed by atoms with E-state index in [0.717, 1.165) is 19.4 Å². The average Bonchev–Trinajstić information content (AvgIpc) is 2.67. The summed E-state index contributed by atoms with van der Waals surface area (Å²) >= 11 is 0. The summed E-state index contributed by atoms with van der Waals surface area (Å²) in [5.74, 6) is 1.21. The van der Waals surface area contributed by atoms with Crippen molar-refractivity contribution in [1.82, 2.24) is 10.2 Å². The zero-order valence-corrected chi connectivity index (χ0v) is 12.7. The minimum atomic E-state index is -0.146. The fourth-order valence-corrected chi connectivity index (χ4v) is 2.21. The topological polar surface area (TPSA) is 49.4 Å². The van der Waals surface area contributed by atoms with Gasteiger partial charge in [0.2, 0.25) is 11.8 Å². The number of carbonyl (C=O) groups excluding carboxylic acids is 2. The van der Waals surface area contributed by atoms with Gasteiger partial charge in [-0.25, -0.2) is 0 Å². The molecule has 0 bridgehead atoms. The first-order valence-corrected chi connectivity index (χ1v) is 7.45. The van der Waals surface area contributed by atoms with E-state index in [-0.39, 0.29) is 17.7 Å². The van der Waals surface area contributed by atoms with Crippen LogP contribution in [0.1, 0.15) is 47.0 Å². The SMILES string of the molecule is CC(C)CCNC(=O)C1CC(=O)N(CCC(C)C)C1. The van der Waals surface area contributed by atoms with Crippen LogP contribution >= 0.6 is 0 Å². The molecule has 0 spiro atoms. The van der Waals surface area contributed by atoms with Crippen molar-refractivity contribution in [2.75, 3.05) is 19.6 Å². The molecule has 0 radical (unpaired) electrons. The second kappa shape index (κ2) is 7.51. The summed E-state index contributed by atoms with van der Waals surface area (Å²) in [7, 11) is 0. The second-order valence-corrected chi connectivity index (χ2v) is 6.40. The minimum Gasteiger partial charge on any atom is -0.356 e. The van der Waals surface area contributed by atoms with E-state index in [1.165, 1.54) is 0 Å². The summed E-state index contributed by atoms with van der Waals surface area (Å²) in [6, 6.07) is 0. The number of hydrogen-bond acceptors (Lipinski definition) is 2. The van der Waals surface area contributed by atoms with Crippen molar-refractivity contribution < 1.29 is 9.59 Å². The maximum atomic E-state index is 12.0. The Balaban J connectivity index is 2.32. The van der Waals surface area contributed by atoms with Gasteiger partial charge in [-0.15, -0.1) is 0 Å². The molecule has 0 saturated carbocycles. The third-order valence-corrected chi connectivity index (χ3v) is 3.58. The van der Waals surface area contributed by atoms with Crippen LogP contribution in [0.15, 0.2) is 0 Å². The Morgan fingerprint density at radius 2 is 1.89 bits per heavy atom. The first-order valence-electron chi connectivity index (χ1n) is 7.45. The van der Waals surface area contributed by atoms with Gasteiger partial charge in [0, 0.05) is 26.1 Å². The van der Waals surface area contributed by atoms with E-state index in [1.807, 2.05) is 4.90 Å². The Hall–Kier alpha value is -1.06. The summed E-state index contributed by atoms with van der Waals surface area (Å²) < 4.78 is 0. The Morgan fingerprint density at radius 3 is 2.47 bits per heavy atom. The highest BCUT2D eigenvalue weighted by molar-refractivity contribution is 5.89. The lowest BCUT2D eigenvalue weighted by molar-refractivity contribution is -0.129. The van der Waals surface area contributed by atoms with Gasteiger partial charge in [0.1, 0.15) is 0 Å². The molecule has 0 aromatic carbocycles.